The lowest BCUT2D eigenvalue weighted by molar-refractivity contribution is 0.402. The third kappa shape index (κ3) is 1.21. The van der Waals surface area contributed by atoms with E-state index in [1.165, 1.54) is 0 Å². The standard InChI is InChI=1S/C9H8BrNO2/c1-5-6-3-4-7(12-2)8(10)9(6)11-13-5/h3-4H,1-2H3. The van der Waals surface area contributed by atoms with Gasteiger partial charge in [0.1, 0.15) is 17.0 Å². The van der Waals surface area contributed by atoms with Gasteiger partial charge in [0.2, 0.25) is 0 Å². The second kappa shape index (κ2) is 3.03. The number of fused-ring (bicyclic) bond motifs is 1. The lowest BCUT2D eigenvalue weighted by Gasteiger charge is -2.01. The van der Waals surface area contributed by atoms with Crippen molar-refractivity contribution in [3.63, 3.8) is 0 Å². The van der Waals surface area contributed by atoms with Crippen LogP contribution < -0.4 is 4.74 Å². The molecule has 68 valence electrons. The number of rotatable bonds is 1. The van der Waals surface area contributed by atoms with Crippen molar-refractivity contribution >= 4 is 26.8 Å². The number of benzene rings is 1. The molecule has 0 aliphatic heterocycles. The third-order valence-corrected chi connectivity index (χ3v) is 2.72. The fourth-order valence-electron chi connectivity index (χ4n) is 1.24. The number of hydrogen-bond acceptors (Lipinski definition) is 3. The average molecular weight is 242 g/mol. The molecular formula is C9H8BrNO2. The molecule has 2 rings (SSSR count). The Bertz CT molecular complexity index is 450. The highest BCUT2D eigenvalue weighted by Crippen LogP contribution is 2.33. The predicted molar refractivity (Wildman–Crippen MR) is 53.0 cm³/mol. The second-order valence-electron chi connectivity index (χ2n) is 2.72. The van der Waals surface area contributed by atoms with Crippen molar-refractivity contribution in [3.05, 3.63) is 22.4 Å². The summed E-state index contributed by atoms with van der Waals surface area (Å²) in [7, 11) is 1.62. The van der Waals surface area contributed by atoms with Crippen LogP contribution in [0.15, 0.2) is 21.1 Å². The van der Waals surface area contributed by atoms with E-state index in [1.807, 2.05) is 19.1 Å². The van der Waals surface area contributed by atoms with Crippen LogP contribution in [0.3, 0.4) is 0 Å². The Hall–Kier alpha value is -1.03. The molecule has 0 aliphatic carbocycles. The van der Waals surface area contributed by atoms with Gasteiger partial charge in [-0.05, 0) is 35.0 Å². The molecule has 0 radical (unpaired) electrons. The van der Waals surface area contributed by atoms with E-state index in [2.05, 4.69) is 21.1 Å². The van der Waals surface area contributed by atoms with E-state index in [-0.39, 0.29) is 0 Å². The summed E-state index contributed by atoms with van der Waals surface area (Å²) < 4.78 is 11.0. The summed E-state index contributed by atoms with van der Waals surface area (Å²) in [5.74, 6) is 1.58. The Morgan fingerprint density at radius 1 is 1.46 bits per heavy atom. The molecule has 0 atom stereocenters. The van der Waals surface area contributed by atoms with Gasteiger partial charge in [0.15, 0.2) is 0 Å². The number of aromatic nitrogens is 1. The third-order valence-electron chi connectivity index (χ3n) is 1.95. The molecule has 3 nitrogen and oxygen atoms in total. The molecule has 0 saturated heterocycles. The molecule has 1 aromatic heterocycles. The van der Waals surface area contributed by atoms with Crippen LogP contribution in [0.4, 0.5) is 0 Å². The monoisotopic (exact) mass is 241 g/mol. The fourth-order valence-corrected chi connectivity index (χ4v) is 1.82. The van der Waals surface area contributed by atoms with Gasteiger partial charge in [0.05, 0.1) is 11.6 Å². The minimum Gasteiger partial charge on any atom is -0.495 e. The predicted octanol–water partition coefficient (Wildman–Crippen LogP) is 2.91. The van der Waals surface area contributed by atoms with E-state index < -0.39 is 0 Å². The van der Waals surface area contributed by atoms with Gasteiger partial charge >= 0.3 is 0 Å². The van der Waals surface area contributed by atoms with Gasteiger partial charge in [-0.25, -0.2) is 0 Å². The molecule has 1 heterocycles. The summed E-state index contributed by atoms with van der Waals surface area (Å²) in [6.45, 7) is 1.88. The first kappa shape index (κ1) is 8.56. The summed E-state index contributed by atoms with van der Waals surface area (Å²) in [6.07, 6.45) is 0. The number of methoxy groups -OCH3 is 1. The molecule has 0 aliphatic rings. The summed E-state index contributed by atoms with van der Waals surface area (Å²) in [5.41, 5.74) is 0.803. The molecule has 0 amide bonds. The zero-order chi connectivity index (χ0) is 9.42. The van der Waals surface area contributed by atoms with Crippen LogP contribution in [0.2, 0.25) is 0 Å². The number of hydrogen-bond donors (Lipinski definition) is 0. The van der Waals surface area contributed by atoms with Gasteiger partial charge in [-0.15, -0.1) is 0 Å². The maximum atomic E-state index is 5.13. The van der Waals surface area contributed by atoms with Gasteiger partial charge in [0, 0.05) is 5.39 Å². The highest BCUT2D eigenvalue weighted by atomic mass is 79.9. The van der Waals surface area contributed by atoms with Crippen molar-refractivity contribution in [1.29, 1.82) is 0 Å². The van der Waals surface area contributed by atoms with E-state index in [4.69, 9.17) is 9.26 Å². The van der Waals surface area contributed by atoms with E-state index in [9.17, 15) is 0 Å². The minimum absolute atomic E-state index is 0.765. The zero-order valence-electron chi connectivity index (χ0n) is 7.30. The molecule has 2 aromatic rings. The van der Waals surface area contributed by atoms with Crippen LogP contribution >= 0.6 is 15.9 Å². The van der Waals surface area contributed by atoms with Crippen LogP contribution in [0.1, 0.15) is 5.76 Å². The van der Waals surface area contributed by atoms with Gasteiger partial charge in [0.25, 0.3) is 0 Å². The van der Waals surface area contributed by atoms with Crippen LogP contribution in [0.25, 0.3) is 10.9 Å². The van der Waals surface area contributed by atoms with Crippen LogP contribution in [-0.2, 0) is 0 Å². The molecule has 0 N–H and O–H groups in total. The molecule has 4 heteroatoms. The zero-order valence-corrected chi connectivity index (χ0v) is 8.88. The lowest BCUT2D eigenvalue weighted by atomic mass is 10.2. The molecule has 13 heavy (non-hydrogen) atoms. The molecule has 0 saturated carbocycles. The van der Waals surface area contributed by atoms with Crippen LogP contribution in [0, 0.1) is 6.92 Å². The molecule has 0 bridgehead atoms. The van der Waals surface area contributed by atoms with Crippen molar-refractivity contribution in [3.8, 4) is 5.75 Å². The molecule has 0 spiro atoms. The first-order valence-electron chi connectivity index (χ1n) is 3.82. The van der Waals surface area contributed by atoms with E-state index in [0.717, 1.165) is 26.9 Å². The van der Waals surface area contributed by atoms with Crippen molar-refractivity contribution in [2.24, 2.45) is 0 Å². The Morgan fingerprint density at radius 2 is 2.23 bits per heavy atom. The number of aryl methyl sites for hydroxylation is 1. The average Bonchev–Trinajstić information content (AvgIpc) is 2.50. The normalized spacial score (nSPS) is 10.7. The van der Waals surface area contributed by atoms with Gasteiger partial charge < -0.3 is 9.26 Å². The molecule has 1 aromatic carbocycles. The topological polar surface area (TPSA) is 35.3 Å². The largest absolute Gasteiger partial charge is 0.495 e. The summed E-state index contributed by atoms with van der Waals surface area (Å²) in [5, 5.41) is 4.93. The van der Waals surface area contributed by atoms with Crippen LogP contribution in [-0.4, -0.2) is 12.3 Å². The van der Waals surface area contributed by atoms with Crippen molar-refractivity contribution in [2.45, 2.75) is 6.92 Å². The summed E-state index contributed by atoms with van der Waals surface area (Å²) >= 11 is 3.41. The van der Waals surface area contributed by atoms with Crippen LogP contribution in [0.5, 0.6) is 5.75 Å². The Labute approximate surface area is 83.8 Å². The maximum absolute atomic E-state index is 5.13. The SMILES string of the molecule is COc1ccc2c(C)onc2c1Br. The van der Waals surface area contributed by atoms with E-state index in [0.29, 0.717) is 0 Å². The van der Waals surface area contributed by atoms with E-state index >= 15 is 0 Å². The Kier molecular flexibility index (Phi) is 2.00. The quantitative estimate of drug-likeness (QED) is 0.771. The first-order valence-corrected chi connectivity index (χ1v) is 4.62. The number of nitrogens with zero attached hydrogens (tertiary/aromatic N) is 1. The highest BCUT2D eigenvalue weighted by Gasteiger charge is 2.10. The number of halogens is 1. The fraction of sp³-hybridized carbons (Fsp3) is 0.222. The minimum atomic E-state index is 0.765. The summed E-state index contributed by atoms with van der Waals surface area (Å²) in [4.78, 5) is 0. The van der Waals surface area contributed by atoms with Gasteiger partial charge in [-0.2, -0.15) is 0 Å². The smallest absolute Gasteiger partial charge is 0.141 e. The van der Waals surface area contributed by atoms with Crippen molar-refractivity contribution in [2.75, 3.05) is 7.11 Å². The van der Waals surface area contributed by atoms with Crippen molar-refractivity contribution < 1.29 is 9.26 Å². The Morgan fingerprint density at radius 3 is 2.92 bits per heavy atom. The first-order chi connectivity index (χ1) is 6.24. The lowest BCUT2D eigenvalue weighted by Crippen LogP contribution is -1.84. The maximum Gasteiger partial charge on any atom is 0.141 e. The molecule has 0 unspecified atom stereocenters. The Balaban J connectivity index is 2.80. The van der Waals surface area contributed by atoms with E-state index in [1.54, 1.807) is 7.11 Å². The van der Waals surface area contributed by atoms with Gasteiger partial charge in [-0.3, -0.25) is 0 Å². The highest BCUT2D eigenvalue weighted by molar-refractivity contribution is 9.10. The summed E-state index contributed by atoms with van der Waals surface area (Å²) in [6, 6.07) is 3.82. The number of ether oxygens (including phenoxy) is 1. The van der Waals surface area contributed by atoms with Gasteiger partial charge in [-0.1, -0.05) is 5.16 Å². The van der Waals surface area contributed by atoms with Crippen molar-refractivity contribution in [1.82, 2.24) is 5.16 Å². The molecular weight excluding hydrogens is 234 g/mol. The molecule has 0 fully saturated rings. The second-order valence-corrected chi connectivity index (χ2v) is 3.51.